The van der Waals surface area contributed by atoms with Gasteiger partial charge in [0.25, 0.3) is 0 Å². The summed E-state index contributed by atoms with van der Waals surface area (Å²) in [6.07, 6.45) is 0.121. The van der Waals surface area contributed by atoms with Gasteiger partial charge in [0.05, 0.1) is 18.2 Å². The fraction of sp³-hybridized carbons (Fsp3) is 0.778. The van der Waals surface area contributed by atoms with Gasteiger partial charge >= 0.3 is 0 Å². The van der Waals surface area contributed by atoms with Gasteiger partial charge in [0, 0.05) is 50.5 Å². The number of hydrogen-bond acceptors (Lipinski definition) is 4. The minimum Gasteiger partial charge on any atom is -0.392 e. The smallest absolute Gasteiger partial charge is 0.227 e. The van der Waals surface area contributed by atoms with Crippen molar-refractivity contribution in [3.05, 3.63) is 17.0 Å². The standard InChI is InChI=1S/C18H32N4O2/c1-13(2)11-22-16(5)17(15(4)19-22)10-18(24)21-8-6-20(7-9-21)12-14(3)23/h13-14,23H,6-12H2,1-5H3. The molecule has 1 aliphatic heterocycles. The lowest BCUT2D eigenvalue weighted by molar-refractivity contribution is -0.132. The summed E-state index contributed by atoms with van der Waals surface area (Å²) >= 11 is 0. The van der Waals surface area contributed by atoms with E-state index in [2.05, 4.69) is 30.8 Å². The Morgan fingerprint density at radius 2 is 1.75 bits per heavy atom. The summed E-state index contributed by atoms with van der Waals surface area (Å²) in [6.45, 7) is 14.9. The van der Waals surface area contributed by atoms with Crippen molar-refractivity contribution >= 4 is 5.91 Å². The molecule has 0 bridgehead atoms. The molecule has 0 radical (unpaired) electrons. The lowest BCUT2D eigenvalue weighted by Gasteiger charge is -2.35. The van der Waals surface area contributed by atoms with E-state index >= 15 is 0 Å². The van der Waals surface area contributed by atoms with Gasteiger partial charge in [-0.1, -0.05) is 13.8 Å². The second-order valence-corrected chi connectivity index (χ2v) is 7.43. The molecule has 0 aromatic carbocycles. The molecule has 136 valence electrons. The van der Waals surface area contributed by atoms with Crippen molar-refractivity contribution < 1.29 is 9.90 Å². The average molecular weight is 336 g/mol. The van der Waals surface area contributed by atoms with E-state index in [1.165, 1.54) is 0 Å². The van der Waals surface area contributed by atoms with Crippen molar-refractivity contribution in [3.8, 4) is 0 Å². The maximum absolute atomic E-state index is 12.7. The van der Waals surface area contributed by atoms with Crippen LogP contribution >= 0.6 is 0 Å². The van der Waals surface area contributed by atoms with Crippen LogP contribution in [0.4, 0.5) is 0 Å². The number of piperazine rings is 1. The fourth-order valence-corrected chi connectivity index (χ4v) is 3.33. The number of carbonyl (C=O) groups is 1. The van der Waals surface area contributed by atoms with Gasteiger partial charge in [-0.05, 0) is 26.7 Å². The van der Waals surface area contributed by atoms with E-state index < -0.39 is 0 Å². The van der Waals surface area contributed by atoms with Crippen molar-refractivity contribution in [2.24, 2.45) is 5.92 Å². The van der Waals surface area contributed by atoms with Gasteiger partial charge in [-0.25, -0.2) is 0 Å². The maximum atomic E-state index is 12.7. The first-order valence-corrected chi connectivity index (χ1v) is 8.99. The Kier molecular flexibility index (Phi) is 6.40. The van der Waals surface area contributed by atoms with Crippen LogP contribution in [-0.2, 0) is 17.8 Å². The van der Waals surface area contributed by atoms with Crippen LogP contribution < -0.4 is 0 Å². The minimum absolute atomic E-state index is 0.182. The summed E-state index contributed by atoms with van der Waals surface area (Å²) in [5.41, 5.74) is 3.16. The Morgan fingerprint density at radius 3 is 2.29 bits per heavy atom. The number of aliphatic hydroxyl groups is 1. The van der Waals surface area contributed by atoms with Gasteiger partial charge in [-0.15, -0.1) is 0 Å². The molecule has 2 rings (SSSR count). The molecular formula is C18H32N4O2. The molecule has 0 saturated carbocycles. The second kappa shape index (κ2) is 8.12. The summed E-state index contributed by atoms with van der Waals surface area (Å²) in [7, 11) is 0. The van der Waals surface area contributed by atoms with Crippen LogP contribution in [0.1, 0.15) is 37.7 Å². The molecule has 1 aromatic rings. The van der Waals surface area contributed by atoms with Crippen LogP contribution in [0.15, 0.2) is 0 Å². The highest BCUT2D eigenvalue weighted by molar-refractivity contribution is 5.79. The number of aryl methyl sites for hydroxylation is 1. The van der Waals surface area contributed by atoms with Crippen LogP contribution in [0.2, 0.25) is 0 Å². The highest BCUT2D eigenvalue weighted by atomic mass is 16.3. The minimum atomic E-state index is -0.315. The average Bonchev–Trinajstić information content (AvgIpc) is 2.74. The largest absolute Gasteiger partial charge is 0.392 e. The molecule has 6 heteroatoms. The first-order valence-electron chi connectivity index (χ1n) is 8.99. The molecule has 6 nitrogen and oxygen atoms in total. The zero-order valence-corrected chi connectivity index (χ0v) is 15.7. The number of amides is 1. The number of β-amino-alcohol motifs (C(OH)–C–C–N with tert-alkyl or cyclic N) is 1. The molecule has 1 fully saturated rings. The normalized spacial score (nSPS) is 17.5. The lowest BCUT2D eigenvalue weighted by Crippen LogP contribution is -2.50. The van der Waals surface area contributed by atoms with Crippen LogP contribution in [0.5, 0.6) is 0 Å². The molecule has 24 heavy (non-hydrogen) atoms. The molecule has 1 saturated heterocycles. The zero-order valence-electron chi connectivity index (χ0n) is 15.7. The van der Waals surface area contributed by atoms with Crippen LogP contribution in [0, 0.1) is 19.8 Å². The quantitative estimate of drug-likeness (QED) is 0.849. The molecule has 1 N–H and O–H groups in total. The van der Waals surface area contributed by atoms with Crippen molar-refractivity contribution in [2.45, 2.75) is 53.7 Å². The van der Waals surface area contributed by atoms with Gasteiger partial charge in [-0.2, -0.15) is 5.10 Å². The Balaban J connectivity index is 1.95. The SMILES string of the molecule is Cc1nn(CC(C)C)c(C)c1CC(=O)N1CCN(CC(C)O)CC1. The van der Waals surface area contributed by atoms with Crippen LogP contribution in [0.3, 0.4) is 0 Å². The van der Waals surface area contributed by atoms with E-state index in [0.717, 1.165) is 49.7 Å². The number of rotatable bonds is 6. The van der Waals surface area contributed by atoms with E-state index in [1.807, 2.05) is 16.5 Å². The zero-order chi connectivity index (χ0) is 17.9. The van der Waals surface area contributed by atoms with Gasteiger partial charge in [-0.3, -0.25) is 14.4 Å². The molecule has 1 aromatic heterocycles. The number of aromatic nitrogens is 2. The Bertz CT molecular complexity index is 558. The number of hydrogen-bond donors (Lipinski definition) is 1. The Hall–Kier alpha value is -1.40. The summed E-state index contributed by atoms with van der Waals surface area (Å²) in [5.74, 6) is 0.718. The molecular weight excluding hydrogens is 304 g/mol. The molecule has 0 aliphatic carbocycles. The summed E-state index contributed by atoms with van der Waals surface area (Å²) < 4.78 is 2.03. The molecule has 1 unspecified atom stereocenters. The van der Waals surface area contributed by atoms with Gasteiger partial charge < -0.3 is 10.0 Å². The fourth-order valence-electron chi connectivity index (χ4n) is 3.33. The van der Waals surface area contributed by atoms with Crippen molar-refractivity contribution in [1.82, 2.24) is 19.6 Å². The maximum Gasteiger partial charge on any atom is 0.227 e. The molecule has 2 heterocycles. The second-order valence-electron chi connectivity index (χ2n) is 7.43. The lowest BCUT2D eigenvalue weighted by atomic mass is 10.1. The summed E-state index contributed by atoms with van der Waals surface area (Å²) in [5, 5.41) is 14.1. The number of aliphatic hydroxyl groups excluding tert-OH is 1. The molecule has 1 atom stereocenters. The predicted molar refractivity (Wildman–Crippen MR) is 94.9 cm³/mol. The van der Waals surface area contributed by atoms with E-state index in [-0.39, 0.29) is 12.0 Å². The monoisotopic (exact) mass is 336 g/mol. The third kappa shape index (κ3) is 4.80. The highest BCUT2D eigenvalue weighted by Gasteiger charge is 2.24. The van der Waals surface area contributed by atoms with Gasteiger partial charge in [0.1, 0.15) is 0 Å². The third-order valence-electron chi connectivity index (χ3n) is 4.64. The van der Waals surface area contributed by atoms with Crippen LogP contribution in [-0.4, -0.2) is 69.4 Å². The first kappa shape index (κ1) is 18.9. The first-order chi connectivity index (χ1) is 11.3. The van der Waals surface area contributed by atoms with Gasteiger partial charge in [0.15, 0.2) is 0 Å². The summed E-state index contributed by atoms with van der Waals surface area (Å²) in [6, 6.07) is 0. The summed E-state index contributed by atoms with van der Waals surface area (Å²) in [4.78, 5) is 16.8. The Morgan fingerprint density at radius 1 is 1.12 bits per heavy atom. The predicted octanol–water partition coefficient (Wildman–Crippen LogP) is 1.22. The highest BCUT2D eigenvalue weighted by Crippen LogP contribution is 2.17. The van der Waals surface area contributed by atoms with E-state index in [9.17, 15) is 9.90 Å². The van der Waals surface area contributed by atoms with Crippen LogP contribution in [0.25, 0.3) is 0 Å². The van der Waals surface area contributed by atoms with Crippen molar-refractivity contribution in [2.75, 3.05) is 32.7 Å². The molecule has 0 spiro atoms. The molecule has 1 amide bonds. The van der Waals surface area contributed by atoms with E-state index in [4.69, 9.17) is 0 Å². The third-order valence-corrected chi connectivity index (χ3v) is 4.64. The van der Waals surface area contributed by atoms with Crippen molar-refractivity contribution in [1.29, 1.82) is 0 Å². The van der Waals surface area contributed by atoms with E-state index in [0.29, 0.717) is 18.9 Å². The Labute approximate surface area is 145 Å². The molecule has 1 aliphatic rings. The topological polar surface area (TPSA) is 61.6 Å². The van der Waals surface area contributed by atoms with Crippen molar-refractivity contribution in [3.63, 3.8) is 0 Å². The number of carbonyl (C=O) groups excluding carboxylic acids is 1. The van der Waals surface area contributed by atoms with Gasteiger partial charge in [0.2, 0.25) is 5.91 Å². The van der Waals surface area contributed by atoms with E-state index in [1.54, 1.807) is 6.92 Å². The number of nitrogens with zero attached hydrogens (tertiary/aromatic N) is 4.